The summed E-state index contributed by atoms with van der Waals surface area (Å²) in [4.78, 5) is 17.4. The molecule has 0 aliphatic carbocycles. The summed E-state index contributed by atoms with van der Waals surface area (Å²) in [6, 6.07) is 0. The van der Waals surface area contributed by atoms with Gasteiger partial charge in [0.1, 0.15) is 0 Å². The largest absolute Gasteiger partial charge is 0.372 e. The van der Waals surface area contributed by atoms with Crippen LogP contribution >= 0.6 is 11.6 Å². The van der Waals surface area contributed by atoms with Gasteiger partial charge in [0.25, 0.3) is 0 Å². The Hall–Kier alpha value is -1.14. The van der Waals surface area contributed by atoms with E-state index in [0.29, 0.717) is 11.9 Å². The van der Waals surface area contributed by atoms with Crippen LogP contribution in [0.2, 0.25) is 5.28 Å². The molecule has 0 bridgehead atoms. The number of anilines is 2. The molecule has 2 unspecified atom stereocenters. The van der Waals surface area contributed by atoms with Crippen molar-refractivity contribution in [3.8, 4) is 0 Å². The van der Waals surface area contributed by atoms with Gasteiger partial charge in [-0.05, 0) is 38.3 Å². The molecule has 0 saturated carbocycles. The first-order chi connectivity index (χ1) is 9.61. The zero-order chi connectivity index (χ0) is 14.1. The lowest BCUT2D eigenvalue weighted by atomic mass is 10.2. The molecule has 2 saturated heterocycles. The molecular formula is C13H20ClN5O. The van der Waals surface area contributed by atoms with Gasteiger partial charge in [0.2, 0.25) is 17.2 Å². The van der Waals surface area contributed by atoms with E-state index in [2.05, 4.69) is 38.6 Å². The van der Waals surface area contributed by atoms with Crippen LogP contribution in [-0.4, -0.2) is 53.3 Å². The number of nitrogens with zero attached hydrogens (tertiary/aromatic N) is 5. The molecule has 7 heteroatoms. The Bertz CT molecular complexity index is 470. The van der Waals surface area contributed by atoms with Gasteiger partial charge in [0.05, 0.1) is 12.2 Å². The first kappa shape index (κ1) is 13.8. The molecule has 0 aromatic carbocycles. The third-order valence-corrected chi connectivity index (χ3v) is 3.84. The molecule has 0 spiro atoms. The topological polar surface area (TPSA) is 54.4 Å². The fourth-order valence-corrected chi connectivity index (χ4v) is 3.02. The van der Waals surface area contributed by atoms with Crippen molar-refractivity contribution in [2.75, 3.05) is 36.0 Å². The number of morpholine rings is 1. The minimum Gasteiger partial charge on any atom is -0.372 e. The molecule has 0 N–H and O–H groups in total. The van der Waals surface area contributed by atoms with Gasteiger partial charge in [-0.25, -0.2) is 0 Å². The van der Waals surface area contributed by atoms with Gasteiger partial charge in [-0.1, -0.05) is 0 Å². The van der Waals surface area contributed by atoms with Gasteiger partial charge in [0, 0.05) is 26.2 Å². The third kappa shape index (κ3) is 2.96. The molecule has 1 aromatic rings. The lowest BCUT2D eigenvalue weighted by Crippen LogP contribution is -2.46. The average Bonchev–Trinajstić information content (AvgIpc) is 2.90. The lowest BCUT2D eigenvalue weighted by molar-refractivity contribution is -0.00572. The van der Waals surface area contributed by atoms with E-state index in [0.717, 1.165) is 26.2 Å². The molecule has 2 aliphatic heterocycles. The van der Waals surface area contributed by atoms with E-state index in [4.69, 9.17) is 16.3 Å². The number of hydrogen-bond acceptors (Lipinski definition) is 6. The van der Waals surface area contributed by atoms with E-state index in [1.165, 1.54) is 12.8 Å². The van der Waals surface area contributed by atoms with Crippen molar-refractivity contribution in [1.29, 1.82) is 0 Å². The van der Waals surface area contributed by atoms with Crippen LogP contribution in [0, 0.1) is 0 Å². The van der Waals surface area contributed by atoms with Crippen LogP contribution < -0.4 is 9.80 Å². The summed E-state index contributed by atoms with van der Waals surface area (Å²) < 4.78 is 5.74. The smallest absolute Gasteiger partial charge is 0.231 e. The second kappa shape index (κ2) is 5.69. The standard InChI is InChI=1S/C13H20ClN5O/c1-9-7-19(8-10(2)20-9)13-16-11(14)15-12(17-13)18-5-3-4-6-18/h9-10H,3-8H2,1-2H3. The van der Waals surface area contributed by atoms with Crippen molar-refractivity contribution in [2.24, 2.45) is 0 Å². The average molecular weight is 298 g/mol. The maximum Gasteiger partial charge on any atom is 0.231 e. The normalized spacial score (nSPS) is 27.1. The highest BCUT2D eigenvalue weighted by Crippen LogP contribution is 2.22. The van der Waals surface area contributed by atoms with E-state index in [-0.39, 0.29) is 17.5 Å². The summed E-state index contributed by atoms with van der Waals surface area (Å²) in [6.07, 6.45) is 2.71. The maximum absolute atomic E-state index is 6.07. The molecule has 1 aromatic heterocycles. The summed E-state index contributed by atoms with van der Waals surface area (Å²) in [5, 5.41) is 0.267. The lowest BCUT2D eigenvalue weighted by Gasteiger charge is -2.35. The van der Waals surface area contributed by atoms with Crippen molar-refractivity contribution < 1.29 is 4.74 Å². The van der Waals surface area contributed by atoms with Gasteiger partial charge in [-0.2, -0.15) is 15.0 Å². The van der Waals surface area contributed by atoms with E-state index < -0.39 is 0 Å². The quantitative estimate of drug-likeness (QED) is 0.829. The Morgan fingerprint density at radius 3 is 2.10 bits per heavy atom. The molecule has 110 valence electrons. The monoisotopic (exact) mass is 297 g/mol. The number of hydrogen-bond donors (Lipinski definition) is 0. The molecule has 3 heterocycles. The Morgan fingerprint density at radius 1 is 0.950 bits per heavy atom. The van der Waals surface area contributed by atoms with Crippen LogP contribution in [0.15, 0.2) is 0 Å². The highest BCUT2D eigenvalue weighted by molar-refractivity contribution is 6.28. The fraction of sp³-hybridized carbons (Fsp3) is 0.769. The summed E-state index contributed by atoms with van der Waals surface area (Å²) in [5.41, 5.74) is 0. The number of rotatable bonds is 2. The molecule has 2 aliphatic rings. The molecule has 0 radical (unpaired) electrons. The van der Waals surface area contributed by atoms with Crippen molar-refractivity contribution in [2.45, 2.75) is 38.9 Å². The first-order valence-corrected chi connectivity index (χ1v) is 7.56. The van der Waals surface area contributed by atoms with E-state index in [9.17, 15) is 0 Å². The molecule has 20 heavy (non-hydrogen) atoms. The van der Waals surface area contributed by atoms with Crippen LogP contribution in [0.4, 0.5) is 11.9 Å². The molecule has 2 atom stereocenters. The van der Waals surface area contributed by atoms with Gasteiger partial charge >= 0.3 is 0 Å². The van der Waals surface area contributed by atoms with Crippen LogP contribution in [0.25, 0.3) is 0 Å². The zero-order valence-electron chi connectivity index (χ0n) is 11.9. The van der Waals surface area contributed by atoms with Crippen molar-refractivity contribution in [3.63, 3.8) is 0 Å². The third-order valence-electron chi connectivity index (χ3n) is 3.68. The van der Waals surface area contributed by atoms with Crippen molar-refractivity contribution >= 4 is 23.5 Å². The van der Waals surface area contributed by atoms with Crippen LogP contribution in [-0.2, 0) is 4.74 Å². The first-order valence-electron chi connectivity index (χ1n) is 7.19. The Kier molecular flexibility index (Phi) is 3.94. The second-order valence-electron chi connectivity index (χ2n) is 5.56. The zero-order valence-corrected chi connectivity index (χ0v) is 12.7. The number of ether oxygens (including phenoxy) is 1. The van der Waals surface area contributed by atoms with E-state index in [1.54, 1.807) is 0 Å². The van der Waals surface area contributed by atoms with Crippen LogP contribution in [0.5, 0.6) is 0 Å². The predicted molar refractivity (Wildman–Crippen MR) is 78.5 cm³/mol. The minimum absolute atomic E-state index is 0.171. The van der Waals surface area contributed by atoms with Crippen molar-refractivity contribution in [1.82, 2.24) is 15.0 Å². The number of halogens is 1. The Labute approximate surface area is 124 Å². The molecule has 0 amide bonds. The van der Waals surface area contributed by atoms with E-state index >= 15 is 0 Å². The van der Waals surface area contributed by atoms with Gasteiger partial charge in [-0.3, -0.25) is 0 Å². The highest BCUT2D eigenvalue weighted by atomic mass is 35.5. The van der Waals surface area contributed by atoms with Gasteiger partial charge < -0.3 is 14.5 Å². The minimum atomic E-state index is 0.171. The van der Waals surface area contributed by atoms with E-state index in [1.807, 2.05) is 0 Å². The SMILES string of the molecule is CC1CN(c2nc(Cl)nc(N3CCCC3)n2)CC(C)O1. The molecule has 3 rings (SSSR count). The highest BCUT2D eigenvalue weighted by Gasteiger charge is 2.26. The summed E-state index contributed by atoms with van der Waals surface area (Å²) in [6.45, 7) is 7.68. The Morgan fingerprint density at radius 2 is 1.50 bits per heavy atom. The predicted octanol–water partition coefficient (Wildman–Crippen LogP) is 1.74. The maximum atomic E-state index is 6.07. The second-order valence-corrected chi connectivity index (χ2v) is 5.90. The molecule has 2 fully saturated rings. The van der Waals surface area contributed by atoms with Crippen molar-refractivity contribution in [3.05, 3.63) is 5.28 Å². The van der Waals surface area contributed by atoms with Gasteiger partial charge in [0.15, 0.2) is 0 Å². The summed E-state index contributed by atoms with van der Waals surface area (Å²) in [5.74, 6) is 1.36. The Balaban J connectivity index is 1.85. The molecular weight excluding hydrogens is 278 g/mol. The summed E-state index contributed by atoms with van der Waals surface area (Å²) in [7, 11) is 0. The van der Waals surface area contributed by atoms with Gasteiger partial charge in [-0.15, -0.1) is 0 Å². The molecule has 6 nitrogen and oxygen atoms in total. The summed E-state index contributed by atoms with van der Waals surface area (Å²) >= 11 is 6.07. The fourth-order valence-electron chi connectivity index (χ4n) is 2.87. The van der Waals surface area contributed by atoms with Crippen LogP contribution in [0.3, 0.4) is 0 Å². The van der Waals surface area contributed by atoms with Crippen LogP contribution in [0.1, 0.15) is 26.7 Å². The number of aromatic nitrogens is 3.